The van der Waals surface area contributed by atoms with Crippen LogP contribution >= 0.6 is 0 Å². The van der Waals surface area contributed by atoms with Gasteiger partial charge < -0.3 is 11.1 Å². The van der Waals surface area contributed by atoms with Gasteiger partial charge in [-0.1, -0.05) is 30.3 Å². The normalized spacial score (nSPS) is 11.7. The maximum atomic E-state index is 11.5. The molecule has 0 aromatic heterocycles. The number of rotatable bonds is 4. The molecule has 1 aromatic carbocycles. The molecule has 0 atom stereocenters. The first-order valence-electron chi connectivity index (χ1n) is 5.29. The van der Waals surface area contributed by atoms with Crippen molar-refractivity contribution in [2.75, 3.05) is 6.54 Å². The molecule has 1 rings (SSSR count). The largest absolute Gasteiger partial charge is 0.346 e. The predicted octanol–water partition coefficient (Wildman–Crippen LogP) is 1.55. The van der Waals surface area contributed by atoms with E-state index in [0.29, 0.717) is 6.54 Å². The fourth-order valence-corrected chi connectivity index (χ4v) is 1.16. The molecule has 1 aromatic rings. The van der Waals surface area contributed by atoms with E-state index in [2.05, 4.69) is 5.32 Å². The van der Waals surface area contributed by atoms with Crippen LogP contribution < -0.4 is 11.1 Å². The smallest absolute Gasteiger partial charge is 0.244 e. The Morgan fingerprint density at radius 3 is 2.56 bits per heavy atom. The van der Waals surface area contributed by atoms with E-state index in [1.807, 2.05) is 44.2 Å². The van der Waals surface area contributed by atoms with Crippen molar-refractivity contribution in [3.63, 3.8) is 0 Å². The Morgan fingerprint density at radius 2 is 2.00 bits per heavy atom. The number of carbonyl (C=O) groups is 1. The van der Waals surface area contributed by atoms with Crippen LogP contribution in [0.3, 0.4) is 0 Å². The van der Waals surface area contributed by atoms with E-state index in [4.69, 9.17) is 5.73 Å². The molecule has 16 heavy (non-hydrogen) atoms. The van der Waals surface area contributed by atoms with Gasteiger partial charge in [0.1, 0.15) is 0 Å². The first-order valence-corrected chi connectivity index (χ1v) is 5.29. The molecule has 0 aliphatic carbocycles. The number of benzene rings is 1. The summed E-state index contributed by atoms with van der Waals surface area (Å²) in [7, 11) is 0. The summed E-state index contributed by atoms with van der Waals surface area (Å²) in [6.45, 7) is 4.19. The number of hydrogen-bond donors (Lipinski definition) is 2. The van der Waals surface area contributed by atoms with E-state index >= 15 is 0 Å². The Hall–Kier alpha value is -1.61. The molecule has 3 heteroatoms. The summed E-state index contributed by atoms with van der Waals surface area (Å²) in [5.41, 5.74) is 6.16. The summed E-state index contributed by atoms with van der Waals surface area (Å²) < 4.78 is 0. The molecule has 0 bridgehead atoms. The molecule has 3 nitrogen and oxygen atoms in total. The van der Waals surface area contributed by atoms with Crippen LogP contribution in [0.1, 0.15) is 19.4 Å². The minimum atomic E-state index is -0.363. The quantitative estimate of drug-likeness (QED) is 0.753. The van der Waals surface area contributed by atoms with Crippen molar-refractivity contribution in [2.24, 2.45) is 5.73 Å². The van der Waals surface area contributed by atoms with E-state index in [1.165, 1.54) is 6.08 Å². The number of amides is 1. The van der Waals surface area contributed by atoms with E-state index in [9.17, 15) is 4.79 Å². The minimum absolute atomic E-state index is 0.126. The number of nitrogens with two attached hydrogens (primary N) is 1. The Balaban J connectivity index is 2.56. The first kappa shape index (κ1) is 12.5. The summed E-state index contributed by atoms with van der Waals surface area (Å²) in [6, 6.07) is 9.69. The van der Waals surface area contributed by atoms with Crippen molar-refractivity contribution in [2.45, 2.75) is 19.4 Å². The van der Waals surface area contributed by atoms with Crippen molar-refractivity contribution in [1.29, 1.82) is 0 Å². The van der Waals surface area contributed by atoms with Gasteiger partial charge in [-0.3, -0.25) is 4.79 Å². The van der Waals surface area contributed by atoms with Crippen LogP contribution in [-0.2, 0) is 4.79 Å². The second kappa shape index (κ2) is 5.47. The van der Waals surface area contributed by atoms with Gasteiger partial charge in [-0.15, -0.1) is 0 Å². The van der Waals surface area contributed by atoms with Gasteiger partial charge in [-0.05, 0) is 25.5 Å². The van der Waals surface area contributed by atoms with Gasteiger partial charge in [0.15, 0.2) is 0 Å². The van der Waals surface area contributed by atoms with Gasteiger partial charge in [-0.2, -0.15) is 0 Å². The molecule has 0 unspecified atom stereocenters. The highest BCUT2D eigenvalue weighted by molar-refractivity contribution is 5.92. The van der Waals surface area contributed by atoms with Crippen LogP contribution in [0.4, 0.5) is 0 Å². The third-order valence-corrected chi connectivity index (χ3v) is 2.20. The van der Waals surface area contributed by atoms with E-state index in [-0.39, 0.29) is 11.4 Å². The predicted molar refractivity (Wildman–Crippen MR) is 66.8 cm³/mol. The summed E-state index contributed by atoms with van der Waals surface area (Å²) in [4.78, 5) is 11.5. The lowest BCUT2D eigenvalue weighted by molar-refractivity contribution is -0.117. The van der Waals surface area contributed by atoms with Crippen molar-refractivity contribution >= 4 is 12.0 Å². The Bertz CT molecular complexity index is 369. The molecule has 86 valence electrons. The van der Waals surface area contributed by atoms with Crippen molar-refractivity contribution in [1.82, 2.24) is 5.32 Å². The Labute approximate surface area is 96.3 Å². The topological polar surface area (TPSA) is 55.1 Å². The highest BCUT2D eigenvalue weighted by atomic mass is 16.1. The van der Waals surface area contributed by atoms with Gasteiger partial charge in [0.05, 0.1) is 0 Å². The van der Waals surface area contributed by atoms with E-state index in [1.54, 1.807) is 6.08 Å². The Kier molecular flexibility index (Phi) is 4.26. The second-order valence-corrected chi connectivity index (χ2v) is 4.32. The van der Waals surface area contributed by atoms with E-state index < -0.39 is 0 Å². The molecule has 3 N–H and O–H groups in total. The van der Waals surface area contributed by atoms with E-state index in [0.717, 1.165) is 5.56 Å². The first-order chi connectivity index (χ1) is 7.53. The van der Waals surface area contributed by atoms with Crippen LogP contribution in [0, 0.1) is 0 Å². The minimum Gasteiger partial charge on any atom is -0.346 e. The average molecular weight is 218 g/mol. The zero-order chi connectivity index (χ0) is 12.0. The van der Waals surface area contributed by atoms with Gasteiger partial charge in [-0.25, -0.2) is 0 Å². The van der Waals surface area contributed by atoms with Crippen LogP contribution in [0.15, 0.2) is 36.4 Å². The molecule has 1 amide bonds. The summed E-state index contributed by atoms with van der Waals surface area (Å²) >= 11 is 0. The van der Waals surface area contributed by atoms with Crippen molar-refractivity contribution in [3.05, 3.63) is 42.0 Å². The number of nitrogens with one attached hydrogen (secondary N) is 1. The summed E-state index contributed by atoms with van der Waals surface area (Å²) in [5, 5.41) is 2.83. The molecule has 0 aliphatic rings. The SMILES string of the molecule is CC(C)(CN)NC(=O)/C=C/c1ccccc1. The fourth-order valence-electron chi connectivity index (χ4n) is 1.16. The van der Waals surface area contributed by atoms with Crippen molar-refractivity contribution < 1.29 is 4.79 Å². The molecule has 0 spiro atoms. The maximum absolute atomic E-state index is 11.5. The average Bonchev–Trinajstić information content (AvgIpc) is 2.27. The second-order valence-electron chi connectivity index (χ2n) is 4.32. The molecule has 0 aliphatic heterocycles. The summed E-state index contributed by atoms with van der Waals surface area (Å²) in [6.07, 6.45) is 3.30. The third kappa shape index (κ3) is 4.28. The third-order valence-electron chi connectivity index (χ3n) is 2.20. The molecular weight excluding hydrogens is 200 g/mol. The van der Waals surface area contributed by atoms with Crippen LogP contribution in [-0.4, -0.2) is 18.0 Å². The van der Waals surface area contributed by atoms with Gasteiger partial charge in [0.25, 0.3) is 0 Å². The molecule has 0 heterocycles. The lowest BCUT2D eigenvalue weighted by Gasteiger charge is -2.23. The van der Waals surface area contributed by atoms with Gasteiger partial charge >= 0.3 is 0 Å². The van der Waals surface area contributed by atoms with Gasteiger partial charge in [0, 0.05) is 18.2 Å². The molecular formula is C13H18N2O. The number of carbonyl (C=O) groups excluding carboxylic acids is 1. The van der Waals surface area contributed by atoms with Gasteiger partial charge in [0.2, 0.25) is 5.91 Å². The lowest BCUT2D eigenvalue weighted by atomic mass is 10.1. The van der Waals surface area contributed by atoms with Crippen molar-refractivity contribution in [3.8, 4) is 0 Å². The monoisotopic (exact) mass is 218 g/mol. The maximum Gasteiger partial charge on any atom is 0.244 e. The zero-order valence-electron chi connectivity index (χ0n) is 9.73. The lowest BCUT2D eigenvalue weighted by Crippen LogP contribution is -2.48. The van der Waals surface area contributed by atoms with Crippen LogP contribution in [0.5, 0.6) is 0 Å². The standard InChI is InChI=1S/C13H18N2O/c1-13(2,10-14)15-12(16)9-8-11-6-4-3-5-7-11/h3-9H,10,14H2,1-2H3,(H,15,16)/b9-8+. The highest BCUT2D eigenvalue weighted by Gasteiger charge is 2.16. The number of hydrogen-bond acceptors (Lipinski definition) is 2. The molecule has 0 saturated carbocycles. The molecule has 0 fully saturated rings. The molecule has 0 saturated heterocycles. The summed E-state index contributed by atoms with van der Waals surface area (Å²) in [5.74, 6) is -0.126. The van der Waals surface area contributed by atoms with Crippen LogP contribution in [0.25, 0.3) is 6.08 Å². The molecule has 0 radical (unpaired) electrons. The zero-order valence-corrected chi connectivity index (χ0v) is 9.73. The van der Waals surface area contributed by atoms with Crippen LogP contribution in [0.2, 0.25) is 0 Å². The highest BCUT2D eigenvalue weighted by Crippen LogP contribution is 2.02. The fraction of sp³-hybridized carbons (Fsp3) is 0.308. The Morgan fingerprint density at radius 1 is 1.38 bits per heavy atom.